The number of benzene rings is 1. The first-order valence-electron chi connectivity index (χ1n) is 7.62. The van der Waals surface area contributed by atoms with Gasteiger partial charge in [0.15, 0.2) is 5.82 Å². The summed E-state index contributed by atoms with van der Waals surface area (Å²) in [5, 5.41) is 13.2. The van der Waals surface area contributed by atoms with E-state index in [0.717, 1.165) is 19.7 Å². The van der Waals surface area contributed by atoms with Crippen LogP contribution in [0.2, 0.25) is 0 Å². The second kappa shape index (κ2) is 7.52. The molecule has 3 N–H and O–H groups in total. The van der Waals surface area contributed by atoms with E-state index in [1.165, 1.54) is 6.07 Å². The highest BCUT2D eigenvalue weighted by atomic mass is 19.1. The van der Waals surface area contributed by atoms with E-state index < -0.39 is 5.54 Å². The summed E-state index contributed by atoms with van der Waals surface area (Å²) in [6.07, 6.45) is 1.04. The van der Waals surface area contributed by atoms with E-state index in [1.54, 1.807) is 12.1 Å². The molecule has 1 atom stereocenters. The molecule has 0 bridgehead atoms. The Morgan fingerprint density at radius 1 is 1.48 bits per heavy atom. The zero-order valence-electron chi connectivity index (χ0n) is 13.6. The van der Waals surface area contributed by atoms with Crippen LogP contribution < -0.4 is 10.6 Å². The number of hydrogen-bond donors (Lipinski definition) is 3. The molecule has 6 nitrogen and oxygen atoms in total. The molecule has 1 aliphatic heterocycles. The minimum Gasteiger partial charge on any atom is -0.376 e. The van der Waals surface area contributed by atoms with Gasteiger partial charge in [0, 0.05) is 18.5 Å². The number of para-hydroxylation sites is 1. The van der Waals surface area contributed by atoms with Crippen molar-refractivity contribution in [2.24, 2.45) is 0 Å². The molecule has 23 heavy (non-hydrogen) atoms. The SMILES string of the molecule is CC(C)(NC=O)c1[nH]nc2c(F)cccc12.C[C@@H]1CNCCO1. The third-order valence-electron chi connectivity index (χ3n) is 3.69. The van der Waals surface area contributed by atoms with Crippen LogP contribution in [0, 0.1) is 5.82 Å². The minimum absolute atomic E-state index is 0.290. The van der Waals surface area contributed by atoms with E-state index in [1.807, 2.05) is 13.8 Å². The zero-order valence-corrected chi connectivity index (χ0v) is 13.6. The number of aromatic amines is 1. The molecule has 0 saturated carbocycles. The van der Waals surface area contributed by atoms with Crippen molar-refractivity contribution in [2.75, 3.05) is 19.7 Å². The van der Waals surface area contributed by atoms with Gasteiger partial charge in [0.1, 0.15) is 5.52 Å². The van der Waals surface area contributed by atoms with Gasteiger partial charge in [-0.2, -0.15) is 5.10 Å². The number of morpholine rings is 1. The second-order valence-electron chi connectivity index (χ2n) is 6.01. The number of fused-ring (bicyclic) bond motifs is 1. The van der Waals surface area contributed by atoms with Crippen molar-refractivity contribution in [3.05, 3.63) is 29.7 Å². The van der Waals surface area contributed by atoms with Crippen LogP contribution in [-0.2, 0) is 15.1 Å². The monoisotopic (exact) mass is 322 g/mol. The lowest BCUT2D eigenvalue weighted by atomic mass is 9.97. The Morgan fingerprint density at radius 3 is 2.83 bits per heavy atom. The summed E-state index contributed by atoms with van der Waals surface area (Å²) in [6.45, 7) is 8.62. The molecule has 7 heteroatoms. The average Bonchev–Trinajstić information content (AvgIpc) is 2.95. The summed E-state index contributed by atoms with van der Waals surface area (Å²) in [7, 11) is 0. The summed E-state index contributed by atoms with van der Waals surface area (Å²) < 4.78 is 18.6. The number of carbonyl (C=O) groups excluding carboxylic acids is 1. The fourth-order valence-electron chi connectivity index (χ4n) is 2.40. The van der Waals surface area contributed by atoms with Crippen LogP contribution >= 0.6 is 0 Å². The van der Waals surface area contributed by atoms with Gasteiger partial charge in [0.05, 0.1) is 23.9 Å². The average molecular weight is 322 g/mol. The Hall–Kier alpha value is -1.99. The largest absolute Gasteiger partial charge is 0.376 e. The molecule has 3 rings (SSSR count). The van der Waals surface area contributed by atoms with Crippen molar-refractivity contribution >= 4 is 17.3 Å². The van der Waals surface area contributed by atoms with Crippen LogP contribution in [0.25, 0.3) is 10.9 Å². The number of ether oxygens (including phenoxy) is 1. The number of nitrogens with zero attached hydrogens (tertiary/aromatic N) is 1. The smallest absolute Gasteiger partial charge is 0.207 e. The highest BCUT2D eigenvalue weighted by Crippen LogP contribution is 2.26. The molecule has 0 unspecified atom stereocenters. The first kappa shape index (κ1) is 17.4. The minimum atomic E-state index is -0.607. The Morgan fingerprint density at radius 2 is 2.26 bits per heavy atom. The Bertz CT molecular complexity index is 651. The number of rotatable bonds is 3. The van der Waals surface area contributed by atoms with Crippen molar-refractivity contribution in [1.82, 2.24) is 20.8 Å². The normalized spacial score (nSPS) is 18.2. The molecule has 2 aromatic rings. The van der Waals surface area contributed by atoms with Crippen LogP contribution in [0.1, 0.15) is 26.5 Å². The molecular weight excluding hydrogens is 299 g/mol. The number of nitrogens with one attached hydrogen (secondary N) is 3. The molecule has 1 aromatic carbocycles. The van der Waals surface area contributed by atoms with Gasteiger partial charge in [0.25, 0.3) is 0 Å². The van der Waals surface area contributed by atoms with Gasteiger partial charge in [-0.15, -0.1) is 0 Å². The number of H-pyrrole nitrogens is 1. The molecule has 126 valence electrons. The first-order chi connectivity index (χ1) is 11.0. The van der Waals surface area contributed by atoms with Crippen LogP contribution in [0.15, 0.2) is 18.2 Å². The molecule has 0 aliphatic carbocycles. The summed E-state index contributed by atoms with van der Waals surface area (Å²) in [5.74, 6) is -0.373. The lowest BCUT2D eigenvalue weighted by molar-refractivity contribution is -0.111. The van der Waals surface area contributed by atoms with Crippen molar-refractivity contribution < 1.29 is 13.9 Å². The number of carbonyl (C=O) groups is 1. The van der Waals surface area contributed by atoms with Crippen molar-refractivity contribution in [2.45, 2.75) is 32.4 Å². The lowest BCUT2D eigenvalue weighted by Gasteiger charge is -2.22. The lowest BCUT2D eigenvalue weighted by Crippen LogP contribution is -2.36. The predicted molar refractivity (Wildman–Crippen MR) is 86.6 cm³/mol. The van der Waals surface area contributed by atoms with E-state index >= 15 is 0 Å². The number of hydrogen-bond acceptors (Lipinski definition) is 4. The Kier molecular flexibility index (Phi) is 5.68. The molecule has 1 aliphatic rings. The zero-order chi connectivity index (χ0) is 16.9. The van der Waals surface area contributed by atoms with E-state index in [4.69, 9.17) is 4.74 Å². The quantitative estimate of drug-likeness (QED) is 0.751. The van der Waals surface area contributed by atoms with Gasteiger partial charge in [-0.05, 0) is 26.8 Å². The van der Waals surface area contributed by atoms with Gasteiger partial charge in [0.2, 0.25) is 6.41 Å². The topological polar surface area (TPSA) is 79.0 Å². The summed E-state index contributed by atoms with van der Waals surface area (Å²) >= 11 is 0. The Balaban J connectivity index is 0.000000229. The van der Waals surface area contributed by atoms with Crippen LogP contribution in [-0.4, -0.2) is 42.4 Å². The third-order valence-corrected chi connectivity index (χ3v) is 3.69. The van der Waals surface area contributed by atoms with Crippen LogP contribution in [0.5, 0.6) is 0 Å². The van der Waals surface area contributed by atoms with Gasteiger partial charge in [-0.25, -0.2) is 4.39 Å². The van der Waals surface area contributed by atoms with Gasteiger partial charge < -0.3 is 15.4 Å². The maximum absolute atomic E-state index is 13.4. The fraction of sp³-hybridized carbons (Fsp3) is 0.500. The molecule has 1 amide bonds. The van der Waals surface area contributed by atoms with E-state index in [-0.39, 0.29) is 5.82 Å². The Labute approximate surface area is 134 Å². The van der Waals surface area contributed by atoms with Crippen LogP contribution in [0.3, 0.4) is 0 Å². The molecule has 2 heterocycles. The molecule has 0 spiro atoms. The summed E-state index contributed by atoms with van der Waals surface area (Å²) in [6, 6.07) is 4.74. The highest BCUT2D eigenvalue weighted by Gasteiger charge is 2.24. The third kappa shape index (κ3) is 4.27. The number of aromatic nitrogens is 2. The van der Waals surface area contributed by atoms with Crippen molar-refractivity contribution in [3.63, 3.8) is 0 Å². The maximum Gasteiger partial charge on any atom is 0.207 e. The molecule has 1 fully saturated rings. The predicted octanol–water partition coefficient (Wildman–Crippen LogP) is 1.68. The highest BCUT2D eigenvalue weighted by molar-refractivity contribution is 5.83. The van der Waals surface area contributed by atoms with Gasteiger partial charge in [-0.3, -0.25) is 9.89 Å². The molecule has 1 saturated heterocycles. The van der Waals surface area contributed by atoms with Crippen molar-refractivity contribution in [1.29, 1.82) is 0 Å². The van der Waals surface area contributed by atoms with Gasteiger partial charge >= 0.3 is 0 Å². The molecule has 0 radical (unpaired) electrons. The van der Waals surface area contributed by atoms with Crippen LogP contribution in [0.4, 0.5) is 4.39 Å². The maximum atomic E-state index is 13.4. The van der Waals surface area contributed by atoms with Crippen molar-refractivity contribution in [3.8, 4) is 0 Å². The number of amides is 1. The van der Waals surface area contributed by atoms with Gasteiger partial charge in [-0.1, -0.05) is 12.1 Å². The molecule has 1 aromatic heterocycles. The fourth-order valence-corrected chi connectivity index (χ4v) is 2.40. The standard InChI is InChI=1S/C11H12FN3O.C5H11NO/c1-11(2,13-6-16)10-7-4-3-5-8(12)9(7)14-15-10;1-5-4-6-2-3-7-5/h3-6H,1-2H3,(H,13,16)(H,14,15);5-6H,2-4H2,1H3/t;5-/m.1/s1. The second-order valence-corrected chi connectivity index (χ2v) is 6.01. The van der Waals surface area contributed by atoms with E-state index in [9.17, 15) is 9.18 Å². The number of halogens is 1. The van der Waals surface area contributed by atoms with E-state index in [2.05, 4.69) is 27.8 Å². The summed E-state index contributed by atoms with van der Waals surface area (Å²) in [4.78, 5) is 10.5. The van der Waals surface area contributed by atoms with E-state index in [0.29, 0.717) is 29.1 Å². The first-order valence-corrected chi connectivity index (χ1v) is 7.62. The molecular formula is C16H23FN4O2. The summed E-state index contributed by atoms with van der Waals surface area (Å²) in [5.41, 5.74) is 0.372.